The summed E-state index contributed by atoms with van der Waals surface area (Å²) in [5.41, 5.74) is 0. The van der Waals surface area contributed by atoms with Gasteiger partial charge in [0.25, 0.3) is 0 Å². The molecule has 0 saturated heterocycles. The van der Waals surface area contributed by atoms with E-state index < -0.39 is 33.3 Å². The first-order valence-corrected chi connectivity index (χ1v) is 20.6. The second kappa shape index (κ2) is 42.2. The highest BCUT2D eigenvalue weighted by atomic mass is 35.5. The molecule has 0 radical (unpaired) electrons. The Labute approximate surface area is 351 Å². The molecule has 0 aromatic heterocycles. The van der Waals surface area contributed by atoms with Crippen molar-refractivity contribution in [1.29, 1.82) is 0 Å². The highest BCUT2D eigenvalue weighted by molar-refractivity contribution is 6.69. The zero-order chi connectivity index (χ0) is 43.0. The lowest BCUT2D eigenvalue weighted by Crippen LogP contribution is -2.15. The summed E-state index contributed by atoms with van der Waals surface area (Å²) in [6.07, 6.45) is 9.52. The number of alkyl halides is 3. The Morgan fingerprint density at radius 2 is 0.643 bits per heavy atom. The second-order valence-electron chi connectivity index (χ2n) is 12.1. The van der Waals surface area contributed by atoms with Gasteiger partial charge in [0.05, 0.1) is 13.2 Å². The maximum absolute atomic E-state index is 11.6. The predicted octanol–water partition coefficient (Wildman–Crippen LogP) is 6.09. The SMILES string of the molecule is CC(Cl)C(=O)Cl.CC(Cl)C(=O)OCCCCCC(=O)OCCOC(=O)CCCCCOC(=O)C(C)Cl.O=C(CCCCCO)OCCOC(=O)CCCCCO. The fourth-order valence-electron chi connectivity index (χ4n) is 3.70. The van der Waals surface area contributed by atoms with Crippen molar-refractivity contribution in [3.63, 3.8) is 0 Å². The van der Waals surface area contributed by atoms with Gasteiger partial charge in [-0.2, -0.15) is 0 Å². The Kier molecular flexibility index (Phi) is 43.6. The van der Waals surface area contributed by atoms with Crippen molar-refractivity contribution in [3.05, 3.63) is 0 Å². The van der Waals surface area contributed by atoms with Crippen molar-refractivity contribution >= 4 is 87.5 Å². The lowest BCUT2D eigenvalue weighted by atomic mass is 10.2. The van der Waals surface area contributed by atoms with Gasteiger partial charge in [-0.3, -0.25) is 33.6 Å². The van der Waals surface area contributed by atoms with Crippen LogP contribution in [0.1, 0.15) is 124 Å². The summed E-state index contributed by atoms with van der Waals surface area (Å²) in [5.74, 6) is -2.23. The van der Waals surface area contributed by atoms with E-state index in [0.717, 1.165) is 25.7 Å². The molecule has 0 aliphatic heterocycles. The minimum absolute atomic E-state index is 0.0162. The van der Waals surface area contributed by atoms with Gasteiger partial charge < -0.3 is 38.6 Å². The first kappa shape index (κ1) is 57.9. The van der Waals surface area contributed by atoms with Crippen molar-refractivity contribution in [2.45, 2.75) is 140 Å². The second-order valence-corrected chi connectivity index (χ2v) is 14.4. The van der Waals surface area contributed by atoms with Crippen molar-refractivity contribution in [3.8, 4) is 0 Å². The maximum Gasteiger partial charge on any atom is 0.323 e. The van der Waals surface area contributed by atoms with E-state index in [1.165, 1.54) is 6.92 Å². The monoisotopic (exact) mass is 886 g/mol. The van der Waals surface area contributed by atoms with Crippen LogP contribution in [-0.4, -0.2) is 120 Å². The number of unbranched alkanes of at least 4 members (excludes halogenated alkanes) is 8. The molecule has 0 spiro atoms. The number of halogens is 4. The molecular weight excluding hydrogens is 826 g/mol. The third kappa shape index (κ3) is 46.0. The summed E-state index contributed by atoms with van der Waals surface area (Å²) in [5, 5.41) is 14.8. The van der Waals surface area contributed by atoms with Gasteiger partial charge in [0.2, 0.25) is 5.24 Å². The van der Waals surface area contributed by atoms with Crippen LogP contribution in [-0.2, 0) is 62.0 Å². The summed E-state index contributed by atoms with van der Waals surface area (Å²) in [7, 11) is 0. The summed E-state index contributed by atoms with van der Waals surface area (Å²) < 4.78 is 29.6. The van der Waals surface area contributed by atoms with Crippen LogP contribution in [0.25, 0.3) is 0 Å². The van der Waals surface area contributed by atoms with E-state index in [4.69, 9.17) is 85.0 Å². The first-order valence-electron chi connectivity index (χ1n) is 18.9. The van der Waals surface area contributed by atoms with Gasteiger partial charge >= 0.3 is 35.8 Å². The zero-order valence-electron chi connectivity index (χ0n) is 32.9. The fourth-order valence-corrected chi connectivity index (χ4v) is 3.82. The number of hydrogen-bond acceptors (Lipinski definition) is 15. The van der Waals surface area contributed by atoms with Crippen LogP contribution in [0, 0.1) is 0 Å². The van der Waals surface area contributed by atoms with E-state index in [2.05, 4.69) is 0 Å². The Hall–Kier alpha value is -2.43. The van der Waals surface area contributed by atoms with Gasteiger partial charge in [-0.25, -0.2) is 0 Å². The topological polar surface area (TPSA) is 215 Å². The van der Waals surface area contributed by atoms with E-state index in [0.29, 0.717) is 64.2 Å². The van der Waals surface area contributed by atoms with Crippen molar-refractivity contribution < 1.29 is 72.2 Å². The maximum atomic E-state index is 11.6. The van der Waals surface area contributed by atoms with E-state index in [1.807, 2.05) is 0 Å². The number of aliphatic hydroxyl groups is 2. The number of rotatable bonds is 31. The summed E-state index contributed by atoms with van der Waals surface area (Å²) in [6, 6.07) is 0. The molecule has 2 N–H and O–H groups in total. The molecular formula is C37H62Cl4O15. The molecule has 0 bridgehead atoms. The van der Waals surface area contributed by atoms with Gasteiger partial charge in [-0.15, -0.1) is 34.8 Å². The van der Waals surface area contributed by atoms with E-state index in [1.54, 1.807) is 13.8 Å². The largest absolute Gasteiger partial charge is 0.465 e. The first-order chi connectivity index (χ1) is 26.6. The standard InChI is InChI=1S/C20H32Cl2O8.C14H26O6.C3H4Cl2O/c1-15(21)19(25)29-11-7-3-5-9-17(23)27-13-14-28-18(24)10-6-4-8-12-30-20(26)16(2)22;15-9-5-1-3-7-13(17)19-11-12-20-14(18)8-4-2-6-10-16;1-2(4)3(5)6/h15-16H,3-14H2,1-2H3;15-16H,1-12H2;2H,1H3. The highest BCUT2D eigenvalue weighted by Crippen LogP contribution is 2.06. The van der Waals surface area contributed by atoms with Crippen molar-refractivity contribution in [1.82, 2.24) is 0 Å². The lowest BCUT2D eigenvalue weighted by Gasteiger charge is -2.08. The molecule has 0 aliphatic carbocycles. The third-order valence-electron chi connectivity index (χ3n) is 6.80. The van der Waals surface area contributed by atoms with Gasteiger partial charge in [-0.05, 0) is 96.6 Å². The number of aliphatic hydroxyl groups excluding tert-OH is 2. The minimum atomic E-state index is -0.661. The Morgan fingerprint density at radius 3 is 0.857 bits per heavy atom. The van der Waals surface area contributed by atoms with Gasteiger partial charge in [0, 0.05) is 38.9 Å². The molecule has 0 aromatic carbocycles. The zero-order valence-corrected chi connectivity index (χ0v) is 35.9. The molecule has 3 unspecified atom stereocenters. The molecule has 15 nitrogen and oxygen atoms in total. The molecule has 0 amide bonds. The van der Waals surface area contributed by atoms with Crippen LogP contribution in [0.5, 0.6) is 0 Å². The fraction of sp³-hybridized carbons (Fsp3) is 0.811. The van der Waals surface area contributed by atoms with Crippen LogP contribution >= 0.6 is 46.4 Å². The molecule has 0 aromatic rings. The van der Waals surface area contributed by atoms with Gasteiger partial charge in [0.1, 0.15) is 42.6 Å². The molecule has 0 rings (SSSR count). The van der Waals surface area contributed by atoms with Crippen molar-refractivity contribution in [2.24, 2.45) is 0 Å². The highest BCUT2D eigenvalue weighted by Gasteiger charge is 2.12. The number of carbonyl (C=O) groups excluding carboxylic acids is 7. The molecule has 56 heavy (non-hydrogen) atoms. The van der Waals surface area contributed by atoms with Gasteiger partial charge in [-0.1, -0.05) is 12.8 Å². The minimum Gasteiger partial charge on any atom is -0.465 e. The van der Waals surface area contributed by atoms with E-state index in [-0.39, 0.29) is 89.6 Å². The Morgan fingerprint density at radius 1 is 0.393 bits per heavy atom. The number of hydrogen-bond donors (Lipinski definition) is 2. The molecule has 0 aliphatic rings. The molecule has 3 atom stereocenters. The Balaban J connectivity index is -0.000000924. The Bertz CT molecular complexity index is 987. The van der Waals surface area contributed by atoms with Crippen LogP contribution in [0.3, 0.4) is 0 Å². The van der Waals surface area contributed by atoms with E-state index >= 15 is 0 Å². The average molecular weight is 889 g/mol. The third-order valence-corrected chi connectivity index (χ3v) is 7.79. The van der Waals surface area contributed by atoms with E-state index in [9.17, 15) is 33.6 Å². The summed E-state index contributed by atoms with van der Waals surface area (Å²) >= 11 is 21.1. The normalized spacial score (nSPS) is 11.9. The van der Waals surface area contributed by atoms with Crippen LogP contribution in [0.15, 0.2) is 0 Å². The van der Waals surface area contributed by atoms with Crippen LogP contribution in [0.4, 0.5) is 0 Å². The smallest absolute Gasteiger partial charge is 0.323 e. The molecule has 328 valence electrons. The molecule has 0 fully saturated rings. The van der Waals surface area contributed by atoms with Crippen molar-refractivity contribution in [2.75, 3.05) is 52.9 Å². The summed E-state index contributed by atoms with van der Waals surface area (Å²) in [6.45, 7) is 5.65. The number of ether oxygens (including phenoxy) is 6. The lowest BCUT2D eigenvalue weighted by molar-refractivity contribution is -0.152. The summed E-state index contributed by atoms with van der Waals surface area (Å²) in [4.78, 5) is 77.7. The molecule has 19 heteroatoms. The average Bonchev–Trinajstić information content (AvgIpc) is 3.15. The predicted molar refractivity (Wildman–Crippen MR) is 211 cm³/mol. The number of carbonyl (C=O) groups is 7. The molecule has 0 heterocycles. The van der Waals surface area contributed by atoms with Crippen LogP contribution in [0.2, 0.25) is 0 Å². The quantitative estimate of drug-likeness (QED) is 0.0265. The number of esters is 6. The van der Waals surface area contributed by atoms with Crippen LogP contribution < -0.4 is 0 Å². The van der Waals surface area contributed by atoms with Gasteiger partial charge in [0.15, 0.2) is 0 Å². The molecule has 0 saturated carbocycles.